The van der Waals surface area contributed by atoms with Crippen molar-refractivity contribution in [3.8, 4) is 5.75 Å². The lowest BCUT2D eigenvalue weighted by Crippen LogP contribution is -2.34. The molecular formula is C12H16FNO2. The summed E-state index contributed by atoms with van der Waals surface area (Å²) in [4.78, 5) is 0. The lowest BCUT2D eigenvalue weighted by atomic mass is 10.1. The number of hydrogen-bond donors (Lipinski definition) is 2. The van der Waals surface area contributed by atoms with Gasteiger partial charge in [0.1, 0.15) is 6.10 Å². The van der Waals surface area contributed by atoms with Gasteiger partial charge in [-0.1, -0.05) is 12.1 Å². The van der Waals surface area contributed by atoms with Gasteiger partial charge < -0.3 is 15.2 Å². The molecule has 0 atom stereocenters. The fraction of sp³-hybridized carbons (Fsp3) is 0.500. The zero-order valence-corrected chi connectivity index (χ0v) is 9.08. The van der Waals surface area contributed by atoms with E-state index < -0.39 is 5.82 Å². The Morgan fingerprint density at radius 2 is 2.12 bits per heavy atom. The standard InChI is InChI=1S/C12H16FNO2/c13-12-9(8-15)2-1-3-11(12)16-10-4-6-14-7-5-10/h1-3,10,14-15H,4-8H2. The Balaban J connectivity index is 2.08. The highest BCUT2D eigenvalue weighted by Gasteiger charge is 2.17. The number of piperidine rings is 1. The van der Waals surface area contributed by atoms with Crippen LogP contribution in [0.2, 0.25) is 0 Å². The molecule has 1 aromatic rings. The molecule has 88 valence electrons. The van der Waals surface area contributed by atoms with Gasteiger partial charge in [0.25, 0.3) is 0 Å². The summed E-state index contributed by atoms with van der Waals surface area (Å²) in [6.45, 7) is 1.52. The number of hydrogen-bond acceptors (Lipinski definition) is 3. The van der Waals surface area contributed by atoms with Crippen molar-refractivity contribution in [1.29, 1.82) is 0 Å². The lowest BCUT2D eigenvalue weighted by molar-refractivity contribution is 0.154. The lowest BCUT2D eigenvalue weighted by Gasteiger charge is -2.24. The first-order valence-electron chi connectivity index (χ1n) is 5.57. The Kier molecular flexibility index (Phi) is 3.74. The summed E-state index contributed by atoms with van der Waals surface area (Å²) in [5, 5.41) is 12.2. The molecule has 0 aliphatic carbocycles. The molecule has 1 aliphatic rings. The minimum atomic E-state index is -0.441. The molecule has 0 radical (unpaired) electrons. The SMILES string of the molecule is OCc1cccc(OC2CCNCC2)c1F. The highest BCUT2D eigenvalue weighted by Crippen LogP contribution is 2.23. The molecule has 4 heteroatoms. The molecule has 0 spiro atoms. The van der Waals surface area contributed by atoms with Crippen molar-refractivity contribution in [2.75, 3.05) is 13.1 Å². The van der Waals surface area contributed by atoms with Crippen LogP contribution >= 0.6 is 0 Å². The zero-order chi connectivity index (χ0) is 11.4. The van der Waals surface area contributed by atoms with Crippen LogP contribution in [0.25, 0.3) is 0 Å². The average molecular weight is 225 g/mol. The maximum absolute atomic E-state index is 13.7. The third kappa shape index (κ3) is 2.51. The molecule has 0 saturated carbocycles. The Bertz CT molecular complexity index is 351. The Labute approximate surface area is 94.2 Å². The molecule has 1 heterocycles. The number of rotatable bonds is 3. The van der Waals surface area contributed by atoms with Gasteiger partial charge >= 0.3 is 0 Å². The van der Waals surface area contributed by atoms with E-state index in [9.17, 15) is 4.39 Å². The van der Waals surface area contributed by atoms with Crippen LogP contribution in [-0.2, 0) is 6.61 Å². The number of halogens is 1. The van der Waals surface area contributed by atoms with Crippen molar-refractivity contribution >= 4 is 0 Å². The maximum Gasteiger partial charge on any atom is 0.170 e. The van der Waals surface area contributed by atoms with Gasteiger partial charge in [0.15, 0.2) is 11.6 Å². The molecule has 0 unspecified atom stereocenters. The van der Waals surface area contributed by atoms with E-state index in [4.69, 9.17) is 9.84 Å². The van der Waals surface area contributed by atoms with Gasteiger partial charge in [0.2, 0.25) is 0 Å². The number of nitrogens with one attached hydrogen (secondary N) is 1. The number of aliphatic hydroxyl groups excluding tert-OH is 1. The first kappa shape index (κ1) is 11.4. The molecule has 0 aromatic heterocycles. The summed E-state index contributed by atoms with van der Waals surface area (Å²) in [6.07, 6.45) is 1.86. The number of aliphatic hydroxyl groups is 1. The summed E-state index contributed by atoms with van der Waals surface area (Å²) in [5.41, 5.74) is 0.284. The fourth-order valence-electron chi connectivity index (χ4n) is 1.86. The van der Waals surface area contributed by atoms with Crippen LogP contribution in [0.5, 0.6) is 5.75 Å². The van der Waals surface area contributed by atoms with Crippen LogP contribution in [0.4, 0.5) is 4.39 Å². The van der Waals surface area contributed by atoms with E-state index in [0.717, 1.165) is 25.9 Å². The molecule has 1 aromatic carbocycles. The normalized spacial score (nSPS) is 17.4. The van der Waals surface area contributed by atoms with Crippen molar-refractivity contribution in [1.82, 2.24) is 5.32 Å². The van der Waals surface area contributed by atoms with Crippen LogP contribution in [0.15, 0.2) is 18.2 Å². The molecule has 1 saturated heterocycles. The van der Waals surface area contributed by atoms with Gasteiger partial charge in [0.05, 0.1) is 6.61 Å². The minimum absolute atomic E-state index is 0.0738. The van der Waals surface area contributed by atoms with Gasteiger partial charge in [-0.25, -0.2) is 4.39 Å². The molecule has 1 aliphatic heterocycles. The second-order valence-corrected chi connectivity index (χ2v) is 3.95. The van der Waals surface area contributed by atoms with Gasteiger partial charge in [0, 0.05) is 5.56 Å². The van der Waals surface area contributed by atoms with Gasteiger partial charge in [-0.2, -0.15) is 0 Å². The Morgan fingerprint density at radius 3 is 2.81 bits per heavy atom. The molecule has 3 nitrogen and oxygen atoms in total. The van der Waals surface area contributed by atoms with E-state index in [1.807, 2.05) is 0 Å². The first-order valence-corrected chi connectivity index (χ1v) is 5.57. The van der Waals surface area contributed by atoms with Gasteiger partial charge in [-0.15, -0.1) is 0 Å². The molecule has 16 heavy (non-hydrogen) atoms. The van der Waals surface area contributed by atoms with E-state index in [1.165, 1.54) is 0 Å². The number of benzene rings is 1. The van der Waals surface area contributed by atoms with Crippen LogP contribution < -0.4 is 10.1 Å². The molecule has 1 fully saturated rings. The summed E-state index contributed by atoms with van der Waals surface area (Å²) >= 11 is 0. The second-order valence-electron chi connectivity index (χ2n) is 3.95. The van der Waals surface area contributed by atoms with E-state index in [0.29, 0.717) is 0 Å². The van der Waals surface area contributed by atoms with E-state index in [1.54, 1.807) is 18.2 Å². The monoisotopic (exact) mass is 225 g/mol. The smallest absolute Gasteiger partial charge is 0.170 e. The highest BCUT2D eigenvalue weighted by molar-refractivity contribution is 5.30. The van der Waals surface area contributed by atoms with E-state index in [-0.39, 0.29) is 24.0 Å². The Morgan fingerprint density at radius 1 is 1.38 bits per heavy atom. The van der Waals surface area contributed by atoms with Crippen molar-refractivity contribution in [2.45, 2.75) is 25.6 Å². The summed E-state index contributed by atoms with van der Waals surface area (Å²) < 4.78 is 19.3. The molecular weight excluding hydrogens is 209 g/mol. The predicted molar refractivity (Wildman–Crippen MR) is 58.8 cm³/mol. The van der Waals surface area contributed by atoms with Crippen LogP contribution in [-0.4, -0.2) is 24.3 Å². The van der Waals surface area contributed by atoms with Crippen LogP contribution in [0.3, 0.4) is 0 Å². The summed E-state index contributed by atoms with van der Waals surface area (Å²) in [5.74, 6) is -0.193. The largest absolute Gasteiger partial charge is 0.487 e. The Hall–Kier alpha value is -1.13. The quantitative estimate of drug-likeness (QED) is 0.818. The van der Waals surface area contributed by atoms with E-state index >= 15 is 0 Å². The average Bonchev–Trinajstić information content (AvgIpc) is 2.33. The van der Waals surface area contributed by atoms with Gasteiger partial charge in [-0.3, -0.25) is 0 Å². The van der Waals surface area contributed by atoms with Crippen LogP contribution in [0.1, 0.15) is 18.4 Å². The molecule has 2 N–H and O–H groups in total. The van der Waals surface area contributed by atoms with Crippen LogP contribution in [0, 0.1) is 5.82 Å². The van der Waals surface area contributed by atoms with E-state index in [2.05, 4.69) is 5.32 Å². The van der Waals surface area contributed by atoms with Crippen molar-refractivity contribution < 1.29 is 14.2 Å². The van der Waals surface area contributed by atoms with Crippen molar-refractivity contribution in [3.63, 3.8) is 0 Å². The summed E-state index contributed by atoms with van der Waals surface area (Å²) in [6, 6.07) is 4.87. The topological polar surface area (TPSA) is 41.5 Å². The van der Waals surface area contributed by atoms with Gasteiger partial charge in [-0.05, 0) is 32.0 Å². The fourth-order valence-corrected chi connectivity index (χ4v) is 1.86. The predicted octanol–water partition coefficient (Wildman–Crippen LogP) is 1.45. The third-order valence-corrected chi connectivity index (χ3v) is 2.79. The second kappa shape index (κ2) is 5.27. The highest BCUT2D eigenvalue weighted by atomic mass is 19.1. The maximum atomic E-state index is 13.7. The number of ether oxygens (including phenoxy) is 1. The van der Waals surface area contributed by atoms with Crippen molar-refractivity contribution in [2.24, 2.45) is 0 Å². The molecule has 0 bridgehead atoms. The summed E-state index contributed by atoms with van der Waals surface area (Å²) in [7, 11) is 0. The first-order chi connectivity index (χ1) is 7.81. The zero-order valence-electron chi connectivity index (χ0n) is 9.08. The van der Waals surface area contributed by atoms with Crippen molar-refractivity contribution in [3.05, 3.63) is 29.6 Å². The molecule has 0 amide bonds. The third-order valence-electron chi connectivity index (χ3n) is 2.79. The minimum Gasteiger partial charge on any atom is -0.487 e. The molecule has 2 rings (SSSR count).